The van der Waals surface area contributed by atoms with Crippen LogP contribution in [0.3, 0.4) is 0 Å². The molecule has 2 N–H and O–H groups in total. The molecular formula is C31H43NO4. The van der Waals surface area contributed by atoms with Crippen molar-refractivity contribution in [1.29, 1.82) is 0 Å². The molecule has 2 unspecified atom stereocenters. The van der Waals surface area contributed by atoms with Gasteiger partial charge in [0.2, 0.25) is 0 Å². The van der Waals surface area contributed by atoms with Crippen LogP contribution in [0.1, 0.15) is 100 Å². The molecule has 0 radical (unpaired) electrons. The minimum atomic E-state index is -0.729. The van der Waals surface area contributed by atoms with Crippen LogP contribution in [0.15, 0.2) is 42.5 Å². The van der Waals surface area contributed by atoms with Gasteiger partial charge in [0.05, 0.1) is 38.6 Å². The highest BCUT2D eigenvalue weighted by Crippen LogP contribution is 2.47. The largest absolute Gasteiger partial charge is 0.388 e. The minimum Gasteiger partial charge on any atom is -0.388 e. The molecule has 1 aliphatic carbocycles. The van der Waals surface area contributed by atoms with Crippen molar-refractivity contribution in [1.82, 2.24) is 4.98 Å². The number of aliphatic hydroxyl groups is 2. The van der Waals surface area contributed by atoms with Gasteiger partial charge in [0.25, 0.3) is 0 Å². The van der Waals surface area contributed by atoms with Crippen molar-refractivity contribution in [3.8, 4) is 0 Å². The molecule has 196 valence electrons. The fourth-order valence-corrected chi connectivity index (χ4v) is 5.81. The molecule has 0 amide bonds. The van der Waals surface area contributed by atoms with E-state index in [0.717, 1.165) is 52.1 Å². The molecular weight excluding hydrogens is 450 g/mol. The van der Waals surface area contributed by atoms with Crippen LogP contribution in [0.2, 0.25) is 0 Å². The lowest BCUT2D eigenvalue weighted by Gasteiger charge is -2.39. The topological polar surface area (TPSA) is 71.8 Å². The summed E-state index contributed by atoms with van der Waals surface area (Å²) in [5.41, 5.74) is 6.99. The van der Waals surface area contributed by atoms with E-state index in [0.29, 0.717) is 39.3 Å². The normalized spacial score (nSPS) is 24.3. The van der Waals surface area contributed by atoms with Crippen LogP contribution in [0.5, 0.6) is 0 Å². The third-order valence-corrected chi connectivity index (χ3v) is 7.76. The fourth-order valence-electron chi connectivity index (χ4n) is 5.81. The molecule has 4 rings (SSSR count). The molecule has 1 saturated heterocycles. The van der Waals surface area contributed by atoms with E-state index in [-0.39, 0.29) is 16.7 Å². The van der Waals surface area contributed by atoms with E-state index in [1.54, 1.807) is 0 Å². The molecule has 0 aromatic carbocycles. The van der Waals surface area contributed by atoms with E-state index < -0.39 is 12.2 Å². The molecule has 0 spiro atoms. The average molecular weight is 494 g/mol. The van der Waals surface area contributed by atoms with Crippen LogP contribution in [0.25, 0.3) is 5.57 Å². The second-order valence-electron chi connectivity index (χ2n) is 12.0. The van der Waals surface area contributed by atoms with Crippen molar-refractivity contribution < 1.29 is 19.7 Å². The summed E-state index contributed by atoms with van der Waals surface area (Å²) < 4.78 is 11.1. The molecule has 3 aliphatic rings. The van der Waals surface area contributed by atoms with E-state index in [1.807, 2.05) is 12.2 Å². The molecule has 3 heterocycles. The van der Waals surface area contributed by atoms with E-state index in [9.17, 15) is 10.2 Å². The molecule has 1 aromatic rings. The van der Waals surface area contributed by atoms with Gasteiger partial charge >= 0.3 is 0 Å². The number of hydrogen-bond acceptors (Lipinski definition) is 5. The van der Waals surface area contributed by atoms with Gasteiger partial charge in [-0.2, -0.15) is 0 Å². The lowest BCUT2D eigenvalue weighted by atomic mass is 9.71. The van der Waals surface area contributed by atoms with Gasteiger partial charge in [-0.1, -0.05) is 71.6 Å². The highest BCUT2D eigenvalue weighted by molar-refractivity contribution is 5.74. The van der Waals surface area contributed by atoms with Crippen LogP contribution in [-0.4, -0.2) is 41.6 Å². The molecule has 5 nitrogen and oxygen atoms in total. The summed E-state index contributed by atoms with van der Waals surface area (Å²) >= 11 is 0. The Kier molecular flexibility index (Phi) is 8.06. The van der Waals surface area contributed by atoms with E-state index in [4.69, 9.17) is 14.5 Å². The van der Waals surface area contributed by atoms with Gasteiger partial charge in [-0.15, -0.1) is 0 Å². The monoisotopic (exact) mass is 493 g/mol. The third-order valence-electron chi connectivity index (χ3n) is 7.76. The standard InChI is InChI=1S/C31H43NO4/c1-7-9-22(31(6)18-36-19-31)10-8-11-24(33)28-26(21-12-14-35-15-13-21)27-23(32-29(28)20(2)3)16-30(4,5)17-25(27)34/h7-10,12,20,24-25,33-34H,1,11,13-19H2,2-6H3/b10-8-,22-9+. The first-order valence-electron chi connectivity index (χ1n) is 13.3. The lowest BCUT2D eigenvalue weighted by Crippen LogP contribution is -2.40. The van der Waals surface area contributed by atoms with Crippen molar-refractivity contribution in [3.05, 3.63) is 70.6 Å². The Morgan fingerprint density at radius 2 is 2.00 bits per heavy atom. The first kappa shape index (κ1) is 27.0. The van der Waals surface area contributed by atoms with Crippen LogP contribution in [0.4, 0.5) is 0 Å². The first-order chi connectivity index (χ1) is 17.1. The van der Waals surface area contributed by atoms with Crippen molar-refractivity contribution in [2.75, 3.05) is 26.4 Å². The van der Waals surface area contributed by atoms with E-state index in [1.165, 1.54) is 0 Å². The van der Waals surface area contributed by atoms with Crippen molar-refractivity contribution in [2.24, 2.45) is 10.8 Å². The Labute approximate surface area is 216 Å². The van der Waals surface area contributed by atoms with Gasteiger partial charge < -0.3 is 19.7 Å². The number of allylic oxidation sites excluding steroid dienone is 3. The number of rotatable bonds is 8. The van der Waals surface area contributed by atoms with Gasteiger partial charge in [-0.25, -0.2) is 0 Å². The van der Waals surface area contributed by atoms with Gasteiger partial charge in [-0.3, -0.25) is 4.98 Å². The Hall–Kier alpha value is -2.05. The smallest absolute Gasteiger partial charge is 0.0848 e. The molecule has 1 fully saturated rings. The van der Waals surface area contributed by atoms with E-state index >= 15 is 0 Å². The summed E-state index contributed by atoms with van der Waals surface area (Å²) in [4.78, 5) is 5.13. The van der Waals surface area contributed by atoms with Crippen LogP contribution < -0.4 is 0 Å². The average Bonchev–Trinajstić information content (AvgIpc) is 2.80. The summed E-state index contributed by atoms with van der Waals surface area (Å²) in [6, 6.07) is 0. The predicted molar refractivity (Wildman–Crippen MR) is 145 cm³/mol. The maximum atomic E-state index is 11.7. The number of aromatic nitrogens is 1. The molecule has 36 heavy (non-hydrogen) atoms. The second-order valence-corrected chi connectivity index (χ2v) is 12.0. The number of ether oxygens (including phenoxy) is 2. The number of hydrogen-bond donors (Lipinski definition) is 2. The van der Waals surface area contributed by atoms with Crippen molar-refractivity contribution in [3.63, 3.8) is 0 Å². The number of fused-ring (bicyclic) bond motifs is 1. The Morgan fingerprint density at radius 3 is 2.58 bits per heavy atom. The van der Waals surface area contributed by atoms with Gasteiger partial charge in [0.15, 0.2) is 0 Å². The highest BCUT2D eigenvalue weighted by atomic mass is 16.5. The summed E-state index contributed by atoms with van der Waals surface area (Å²) in [5, 5.41) is 23.0. The fraction of sp³-hybridized carbons (Fsp3) is 0.581. The molecule has 2 aliphatic heterocycles. The molecule has 0 saturated carbocycles. The molecule has 5 heteroatoms. The molecule has 1 aromatic heterocycles. The summed E-state index contributed by atoms with van der Waals surface area (Å²) in [7, 11) is 0. The van der Waals surface area contributed by atoms with E-state index in [2.05, 4.69) is 59.4 Å². The van der Waals surface area contributed by atoms with Crippen LogP contribution in [0, 0.1) is 10.8 Å². The highest BCUT2D eigenvalue weighted by Gasteiger charge is 2.38. The SMILES string of the molecule is C=C/C=C(\C=C/CC(O)c1c(C(C)C)nc2c(c1C1=CCOCC1)C(O)CC(C)(C)C2)C1(C)COC1. The van der Waals surface area contributed by atoms with Crippen LogP contribution in [-0.2, 0) is 15.9 Å². The second kappa shape index (κ2) is 10.7. The maximum Gasteiger partial charge on any atom is 0.0848 e. The lowest BCUT2D eigenvalue weighted by molar-refractivity contribution is -0.0758. The van der Waals surface area contributed by atoms with Gasteiger partial charge in [0.1, 0.15) is 0 Å². The first-order valence-corrected chi connectivity index (χ1v) is 13.3. The maximum absolute atomic E-state index is 11.7. The summed E-state index contributed by atoms with van der Waals surface area (Å²) in [5.74, 6) is 0.146. The van der Waals surface area contributed by atoms with Gasteiger partial charge in [-0.05, 0) is 53.7 Å². The molecule has 0 bridgehead atoms. The zero-order chi connectivity index (χ0) is 26.1. The number of nitrogens with zero attached hydrogens (tertiary/aromatic N) is 1. The Bertz CT molecular complexity index is 1070. The van der Waals surface area contributed by atoms with Crippen molar-refractivity contribution in [2.45, 2.75) is 78.4 Å². The zero-order valence-electron chi connectivity index (χ0n) is 22.6. The predicted octanol–water partition coefficient (Wildman–Crippen LogP) is 6.14. The zero-order valence-corrected chi connectivity index (χ0v) is 22.6. The Balaban J connectivity index is 1.78. The minimum absolute atomic E-state index is 0.0128. The summed E-state index contributed by atoms with van der Waals surface area (Å²) in [6.45, 7) is 17.3. The third kappa shape index (κ3) is 5.45. The number of pyridine rings is 1. The van der Waals surface area contributed by atoms with Crippen LogP contribution >= 0.6 is 0 Å². The number of aliphatic hydroxyl groups excluding tert-OH is 2. The van der Waals surface area contributed by atoms with Gasteiger partial charge in [0, 0.05) is 27.9 Å². The Morgan fingerprint density at radius 1 is 1.25 bits per heavy atom. The summed E-state index contributed by atoms with van der Waals surface area (Å²) in [6.07, 6.45) is 11.5. The van der Waals surface area contributed by atoms with Crippen molar-refractivity contribution >= 4 is 5.57 Å². The quantitative estimate of drug-likeness (QED) is 0.426. The molecule has 2 atom stereocenters.